The van der Waals surface area contributed by atoms with Crippen molar-refractivity contribution in [2.24, 2.45) is 5.41 Å². The van der Waals surface area contributed by atoms with Gasteiger partial charge in [-0.15, -0.1) is 0 Å². The average molecular weight is 283 g/mol. The van der Waals surface area contributed by atoms with E-state index in [4.69, 9.17) is 0 Å². The van der Waals surface area contributed by atoms with Crippen LogP contribution in [0.2, 0.25) is 0 Å². The Hall–Kier alpha value is -0.570. The molecule has 0 aromatic heterocycles. The SMILES string of the molecule is CCCCCCC(C)N1CCCC(CCC)(C(=O)O)C1. The van der Waals surface area contributed by atoms with E-state index in [1.165, 1.54) is 32.1 Å². The summed E-state index contributed by atoms with van der Waals surface area (Å²) in [5, 5.41) is 9.64. The first-order chi connectivity index (χ1) is 9.55. The monoisotopic (exact) mass is 283 g/mol. The number of hydrogen-bond acceptors (Lipinski definition) is 2. The third kappa shape index (κ3) is 4.76. The van der Waals surface area contributed by atoms with Crippen molar-refractivity contribution in [3.63, 3.8) is 0 Å². The van der Waals surface area contributed by atoms with Crippen molar-refractivity contribution >= 4 is 5.97 Å². The number of unbranched alkanes of at least 4 members (excludes halogenated alkanes) is 3. The molecule has 1 fully saturated rings. The normalized spacial score (nSPS) is 25.6. The molecule has 1 rings (SSSR count). The molecule has 118 valence electrons. The molecule has 0 aromatic rings. The van der Waals surface area contributed by atoms with Gasteiger partial charge in [0, 0.05) is 12.6 Å². The second-order valence-corrected chi connectivity index (χ2v) is 6.61. The molecule has 0 radical (unpaired) electrons. The van der Waals surface area contributed by atoms with Crippen molar-refractivity contribution in [1.29, 1.82) is 0 Å². The number of carbonyl (C=O) groups is 1. The number of hydrogen-bond donors (Lipinski definition) is 1. The van der Waals surface area contributed by atoms with E-state index in [1.54, 1.807) is 0 Å². The van der Waals surface area contributed by atoms with Crippen LogP contribution in [0.25, 0.3) is 0 Å². The fourth-order valence-electron chi connectivity index (χ4n) is 3.56. The summed E-state index contributed by atoms with van der Waals surface area (Å²) in [4.78, 5) is 14.1. The zero-order valence-electron chi connectivity index (χ0n) is 13.7. The van der Waals surface area contributed by atoms with E-state index in [0.29, 0.717) is 6.04 Å². The van der Waals surface area contributed by atoms with E-state index >= 15 is 0 Å². The molecule has 2 atom stereocenters. The van der Waals surface area contributed by atoms with Crippen molar-refractivity contribution in [2.45, 2.75) is 84.6 Å². The molecule has 3 nitrogen and oxygen atoms in total. The highest BCUT2D eigenvalue weighted by Gasteiger charge is 2.42. The Morgan fingerprint density at radius 3 is 2.60 bits per heavy atom. The minimum atomic E-state index is -0.581. The Kier molecular flexibility index (Phi) is 7.57. The molecule has 0 aromatic carbocycles. The first-order valence-corrected chi connectivity index (χ1v) is 8.53. The van der Waals surface area contributed by atoms with Crippen LogP contribution in [-0.4, -0.2) is 35.1 Å². The van der Waals surface area contributed by atoms with Gasteiger partial charge in [-0.2, -0.15) is 0 Å². The van der Waals surface area contributed by atoms with Crippen molar-refractivity contribution in [2.75, 3.05) is 13.1 Å². The maximum absolute atomic E-state index is 11.7. The number of likely N-dealkylation sites (tertiary alicyclic amines) is 1. The van der Waals surface area contributed by atoms with Crippen LogP contribution in [0.4, 0.5) is 0 Å². The third-order valence-corrected chi connectivity index (χ3v) is 4.89. The molecule has 1 aliphatic heterocycles. The minimum absolute atomic E-state index is 0.481. The van der Waals surface area contributed by atoms with Gasteiger partial charge in [-0.25, -0.2) is 0 Å². The summed E-state index contributed by atoms with van der Waals surface area (Å²) in [7, 11) is 0. The molecule has 1 aliphatic rings. The molecule has 0 aliphatic carbocycles. The molecule has 3 heteroatoms. The Balaban J connectivity index is 2.51. The van der Waals surface area contributed by atoms with Gasteiger partial charge in [0.05, 0.1) is 5.41 Å². The van der Waals surface area contributed by atoms with Gasteiger partial charge < -0.3 is 5.11 Å². The molecular weight excluding hydrogens is 250 g/mol. The highest BCUT2D eigenvalue weighted by atomic mass is 16.4. The first kappa shape index (κ1) is 17.5. The quantitative estimate of drug-likeness (QED) is 0.641. The minimum Gasteiger partial charge on any atom is -0.481 e. The summed E-state index contributed by atoms with van der Waals surface area (Å²) in [6.07, 6.45) is 10.1. The molecule has 2 unspecified atom stereocenters. The summed E-state index contributed by atoms with van der Waals surface area (Å²) in [5.74, 6) is -0.581. The number of carboxylic acid groups (broad SMARTS) is 1. The average Bonchev–Trinajstić information content (AvgIpc) is 2.44. The topological polar surface area (TPSA) is 40.5 Å². The predicted octanol–water partition coefficient (Wildman–Crippen LogP) is 4.31. The summed E-state index contributed by atoms with van der Waals surface area (Å²) in [6, 6.07) is 0.530. The van der Waals surface area contributed by atoms with Crippen LogP contribution in [0.1, 0.15) is 78.6 Å². The highest BCUT2D eigenvalue weighted by molar-refractivity contribution is 5.75. The van der Waals surface area contributed by atoms with Gasteiger partial charge in [0.2, 0.25) is 0 Å². The molecular formula is C17H33NO2. The van der Waals surface area contributed by atoms with Gasteiger partial charge in [-0.05, 0) is 39.2 Å². The highest BCUT2D eigenvalue weighted by Crippen LogP contribution is 2.36. The lowest BCUT2D eigenvalue weighted by molar-refractivity contribution is -0.153. The number of aliphatic carboxylic acids is 1. The molecule has 0 bridgehead atoms. The number of rotatable bonds is 9. The van der Waals surface area contributed by atoms with E-state index in [2.05, 4.69) is 25.7 Å². The van der Waals surface area contributed by atoms with Gasteiger partial charge in [-0.3, -0.25) is 9.69 Å². The van der Waals surface area contributed by atoms with Gasteiger partial charge in [-0.1, -0.05) is 46.0 Å². The van der Waals surface area contributed by atoms with E-state index < -0.39 is 11.4 Å². The molecule has 0 amide bonds. The second-order valence-electron chi connectivity index (χ2n) is 6.61. The summed E-state index contributed by atoms with van der Waals surface area (Å²) >= 11 is 0. The van der Waals surface area contributed by atoms with Crippen LogP contribution >= 0.6 is 0 Å². The Bertz CT molecular complexity index is 289. The van der Waals surface area contributed by atoms with Crippen LogP contribution < -0.4 is 0 Å². The van der Waals surface area contributed by atoms with Gasteiger partial charge in [0.15, 0.2) is 0 Å². The van der Waals surface area contributed by atoms with Crippen molar-refractivity contribution in [3.8, 4) is 0 Å². The number of nitrogens with zero attached hydrogens (tertiary/aromatic N) is 1. The standard InChI is InChI=1S/C17H33NO2/c1-4-6-7-8-10-15(3)18-13-9-12-17(14-18,11-5-2)16(19)20/h15H,4-14H2,1-3H3,(H,19,20). The Labute approximate surface area is 124 Å². The molecule has 1 heterocycles. The van der Waals surface area contributed by atoms with Crippen molar-refractivity contribution in [3.05, 3.63) is 0 Å². The van der Waals surface area contributed by atoms with E-state index in [9.17, 15) is 9.90 Å². The third-order valence-electron chi connectivity index (χ3n) is 4.89. The van der Waals surface area contributed by atoms with Gasteiger partial charge >= 0.3 is 5.97 Å². The summed E-state index contributed by atoms with van der Waals surface area (Å²) in [6.45, 7) is 8.44. The fourth-order valence-corrected chi connectivity index (χ4v) is 3.56. The van der Waals surface area contributed by atoms with Crippen molar-refractivity contribution in [1.82, 2.24) is 4.90 Å². The fraction of sp³-hybridized carbons (Fsp3) is 0.941. The van der Waals surface area contributed by atoms with Crippen LogP contribution in [0.15, 0.2) is 0 Å². The zero-order chi connectivity index (χ0) is 15.0. The molecule has 1 saturated heterocycles. The molecule has 0 saturated carbocycles. The van der Waals surface area contributed by atoms with Crippen LogP contribution in [0.3, 0.4) is 0 Å². The van der Waals surface area contributed by atoms with Gasteiger partial charge in [0.1, 0.15) is 0 Å². The lowest BCUT2D eigenvalue weighted by atomic mass is 9.76. The predicted molar refractivity (Wildman–Crippen MR) is 84.0 cm³/mol. The van der Waals surface area contributed by atoms with Gasteiger partial charge in [0.25, 0.3) is 0 Å². The first-order valence-electron chi connectivity index (χ1n) is 8.53. The number of piperidine rings is 1. The zero-order valence-corrected chi connectivity index (χ0v) is 13.7. The Morgan fingerprint density at radius 2 is 2.00 bits per heavy atom. The maximum atomic E-state index is 11.7. The molecule has 1 N–H and O–H groups in total. The maximum Gasteiger partial charge on any atom is 0.310 e. The number of carboxylic acids is 1. The Morgan fingerprint density at radius 1 is 1.25 bits per heavy atom. The van der Waals surface area contributed by atoms with E-state index in [0.717, 1.165) is 38.8 Å². The van der Waals surface area contributed by atoms with Crippen molar-refractivity contribution < 1.29 is 9.90 Å². The van der Waals surface area contributed by atoms with E-state index in [1.807, 2.05) is 0 Å². The van der Waals surface area contributed by atoms with E-state index in [-0.39, 0.29) is 0 Å². The van der Waals surface area contributed by atoms with Crippen LogP contribution in [-0.2, 0) is 4.79 Å². The molecule has 20 heavy (non-hydrogen) atoms. The van der Waals surface area contributed by atoms with Crippen LogP contribution in [0, 0.1) is 5.41 Å². The summed E-state index contributed by atoms with van der Waals surface area (Å²) in [5.41, 5.74) is -0.481. The lowest BCUT2D eigenvalue weighted by Gasteiger charge is -2.42. The summed E-state index contributed by atoms with van der Waals surface area (Å²) < 4.78 is 0. The largest absolute Gasteiger partial charge is 0.481 e. The lowest BCUT2D eigenvalue weighted by Crippen LogP contribution is -2.50. The molecule has 0 spiro atoms. The smallest absolute Gasteiger partial charge is 0.310 e. The second kappa shape index (κ2) is 8.66. The van der Waals surface area contributed by atoms with Crippen LogP contribution in [0.5, 0.6) is 0 Å².